The SMILES string of the molecule is O=C(O)c1c(Br)cnc(F)c1C(F)F. The number of aromatic nitrogens is 1. The average molecular weight is 270 g/mol. The van der Waals surface area contributed by atoms with Crippen molar-refractivity contribution in [2.75, 3.05) is 0 Å². The number of halogens is 4. The van der Waals surface area contributed by atoms with Crippen molar-refractivity contribution in [2.24, 2.45) is 0 Å². The van der Waals surface area contributed by atoms with E-state index in [1.165, 1.54) is 0 Å². The maximum Gasteiger partial charge on any atom is 0.337 e. The van der Waals surface area contributed by atoms with E-state index in [2.05, 4.69) is 20.9 Å². The van der Waals surface area contributed by atoms with Crippen molar-refractivity contribution in [3.63, 3.8) is 0 Å². The van der Waals surface area contributed by atoms with Crippen LogP contribution in [0.5, 0.6) is 0 Å². The van der Waals surface area contributed by atoms with E-state index in [1.807, 2.05) is 0 Å². The Hall–Kier alpha value is -1.11. The van der Waals surface area contributed by atoms with Gasteiger partial charge in [-0.3, -0.25) is 0 Å². The summed E-state index contributed by atoms with van der Waals surface area (Å²) in [5, 5.41) is 8.56. The second kappa shape index (κ2) is 3.95. The Morgan fingerprint density at radius 3 is 2.50 bits per heavy atom. The molecule has 1 heterocycles. The van der Waals surface area contributed by atoms with Crippen LogP contribution in [0, 0.1) is 5.95 Å². The molecule has 0 amide bonds. The lowest BCUT2D eigenvalue weighted by molar-refractivity contribution is 0.0680. The third-order valence-corrected chi connectivity index (χ3v) is 2.05. The molecule has 76 valence electrons. The fraction of sp³-hybridized carbons (Fsp3) is 0.143. The van der Waals surface area contributed by atoms with Gasteiger partial charge >= 0.3 is 5.97 Å². The molecule has 0 fully saturated rings. The largest absolute Gasteiger partial charge is 0.478 e. The standard InChI is InChI=1S/C7H3BrF3NO2/c8-2-1-12-6(11)4(5(9)10)3(2)7(13)14/h1,5H,(H,13,14). The highest BCUT2D eigenvalue weighted by Gasteiger charge is 2.25. The molecule has 0 radical (unpaired) electrons. The summed E-state index contributed by atoms with van der Waals surface area (Å²) >= 11 is 2.71. The van der Waals surface area contributed by atoms with Crippen LogP contribution in [0.3, 0.4) is 0 Å². The summed E-state index contributed by atoms with van der Waals surface area (Å²) in [6.45, 7) is 0. The first-order chi connectivity index (χ1) is 6.45. The van der Waals surface area contributed by atoms with Gasteiger partial charge in [-0.1, -0.05) is 0 Å². The van der Waals surface area contributed by atoms with Crippen molar-refractivity contribution in [1.82, 2.24) is 4.98 Å². The molecule has 3 nitrogen and oxygen atoms in total. The summed E-state index contributed by atoms with van der Waals surface area (Å²) in [6, 6.07) is 0. The monoisotopic (exact) mass is 269 g/mol. The van der Waals surface area contributed by atoms with Crippen molar-refractivity contribution in [1.29, 1.82) is 0 Å². The van der Waals surface area contributed by atoms with Gasteiger partial charge in [0.05, 0.1) is 15.6 Å². The summed E-state index contributed by atoms with van der Waals surface area (Å²) < 4.78 is 37.1. The zero-order valence-electron chi connectivity index (χ0n) is 6.47. The highest BCUT2D eigenvalue weighted by atomic mass is 79.9. The number of carbonyl (C=O) groups is 1. The Morgan fingerprint density at radius 1 is 1.57 bits per heavy atom. The molecule has 0 saturated carbocycles. The van der Waals surface area contributed by atoms with Crippen LogP contribution in [0.25, 0.3) is 0 Å². The molecule has 0 aliphatic rings. The van der Waals surface area contributed by atoms with Crippen LogP contribution in [0.1, 0.15) is 22.3 Å². The van der Waals surface area contributed by atoms with Gasteiger partial charge in [-0.05, 0) is 15.9 Å². The second-order valence-electron chi connectivity index (χ2n) is 2.29. The van der Waals surface area contributed by atoms with Crippen LogP contribution in [-0.4, -0.2) is 16.1 Å². The normalized spacial score (nSPS) is 10.6. The van der Waals surface area contributed by atoms with E-state index < -0.39 is 29.5 Å². The van der Waals surface area contributed by atoms with Gasteiger partial charge in [-0.2, -0.15) is 4.39 Å². The fourth-order valence-corrected chi connectivity index (χ4v) is 1.38. The van der Waals surface area contributed by atoms with Crippen LogP contribution in [0.4, 0.5) is 13.2 Å². The van der Waals surface area contributed by atoms with Gasteiger partial charge in [0, 0.05) is 6.20 Å². The van der Waals surface area contributed by atoms with Crippen molar-refractivity contribution in [3.8, 4) is 0 Å². The van der Waals surface area contributed by atoms with E-state index in [1.54, 1.807) is 0 Å². The van der Waals surface area contributed by atoms with Crippen LogP contribution >= 0.6 is 15.9 Å². The molecule has 7 heteroatoms. The Balaban J connectivity index is 3.50. The summed E-state index contributed by atoms with van der Waals surface area (Å²) in [6.07, 6.45) is -2.39. The van der Waals surface area contributed by atoms with E-state index in [9.17, 15) is 18.0 Å². The average Bonchev–Trinajstić information content (AvgIpc) is 2.07. The molecule has 0 unspecified atom stereocenters. The predicted octanol–water partition coefficient (Wildman–Crippen LogP) is 2.62. The molecule has 14 heavy (non-hydrogen) atoms. The van der Waals surface area contributed by atoms with E-state index in [0.717, 1.165) is 6.20 Å². The molecule has 1 rings (SSSR count). The van der Waals surface area contributed by atoms with Gasteiger partial charge < -0.3 is 5.11 Å². The Labute approximate surface area is 84.7 Å². The number of hydrogen-bond acceptors (Lipinski definition) is 2. The summed E-state index contributed by atoms with van der Waals surface area (Å²) in [5.41, 5.74) is -2.00. The summed E-state index contributed by atoms with van der Waals surface area (Å²) in [7, 11) is 0. The number of rotatable bonds is 2. The first-order valence-corrected chi connectivity index (χ1v) is 4.09. The van der Waals surface area contributed by atoms with Crippen molar-refractivity contribution < 1.29 is 23.1 Å². The molecular formula is C7H3BrF3NO2. The molecule has 0 bridgehead atoms. The highest BCUT2D eigenvalue weighted by molar-refractivity contribution is 9.10. The smallest absolute Gasteiger partial charge is 0.337 e. The van der Waals surface area contributed by atoms with E-state index in [-0.39, 0.29) is 4.47 Å². The number of carboxylic acid groups (broad SMARTS) is 1. The molecule has 1 aromatic heterocycles. The maximum absolute atomic E-state index is 12.8. The zero-order chi connectivity index (χ0) is 10.9. The highest BCUT2D eigenvalue weighted by Crippen LogP contribution is 2.29. The van der Waals surface area contributed by atoms with Crippen molar-refractivity contribution >= 4 is 21.9 Å². The first kappa shape index (κ1) is 11.0. The number of nitrogens with zero attached hydrogens (tertiary/aromatic N) is 1. The molecule has 0 aliphatic carbocycles. The van der Waals surface area contributed by atoms with Gasteiger partial charge in [-0.25, -0.2) is 18.6 Å². The molecule has 0 aromatic carbocycles. The second-order valence-corrected chi connectivity index (χ2v) is 3.15. The lowest BCUT2D eigenvalue weighted by Crippen LogP contribution is -2.08. The minimum atomic E-state index is -3.22. The fourth-order valence-electron chi connectivity index (χ4n) is 0.896. The van der Waals surface area contributed by atoms with Crippen LogP contribution in [0.2, 0.25) is 0 Å². The van der Waals surface area contributed by atoms with Gasteiger partial charge in [0.15, 0.2) is 0 Å². The maximum atomic E-state index is 12.8. The van der Waals surface area contributed by atoms with Crippen LogP contribution in [-0.2, 0) is 0 Å². The molecule has 0 aliphatic heterocycles. The lowest BCUT2D eigenvalue weighted by Gasteiger charge is -2.06. The van der Waals surface area contributed by atoms with Gasteiger partial charge in [0.1, 0.15) is 0 Å². The quantitative estimate of drug-likeness (QED) is 0.840. The van der Waals surface area contributed by atoms with Gasteiger partial charge in [-0.15, -0.1) is 0 Å². The Bertz CT molecular complexity index is 383. The van der Waals surface area contributed by atoms with Crippen molar-refractivity contribution in [3.05, 3.63) is 27.7 Å². The number of pyridine rings is 1. The summed E-state index contributed by atoms with van der Waals surface area (Å²) in [5.74, 6) is -3.10. The summed E-state index contributed by atoms with van der Waals surface area (Å²) in [4.78, 5) is 13.5. The molecule has 0 saturated heterocycles. The Morgan fingerprint density at radius 2 is 2.14 bits per heavy atom. The predicted molar refractivity (Wildman–Crippen MR) is 43.8 cm³/mol. The molecular weight excluding hydrogens is 267 g/mol. The topological polar surface area (TPSA) is 50.2 Å². The van der Waals surface area contributed by atoms with E-state index in [4.69, 9.17) is 5.11 Å². The molecule has 0 atom stereocenters. The third kappa shape index (κ3) is 1.87. The lowest BCUT2D eigenvalue weighted by atomic mass is 10.1. The minimum absolute atomic E-state index is 0.179. The third-order valence-electron chi connectivity index (χ3n) is 1.45. The molecule has 1 N–H and O–H groups in total. The van der Waals surface area contributed by atoms with Gasteiger partial charge in [0.2, 0.25) is 5.95 Å². The zero-order valence-corrected chi connectivity index (χ0v) is 8.06. The van der Waals surface area contributed by atoms with Gasteiger partial charge in [0.25, 0.3) is 6.43 Å². The van der Waals surface area contributed by atoms with E-state index in [0.29, 0.717) is 0 Å². The first-order valence-electron chi connectivity index (χ1n) is 3.30. The van der Waals surface area contributed by atoms with Crippen LogP contribution in [0.15, 0.2) is 10.7 Å². The number of alkyl halides is 2. The minimum Gasteiger partial charge on any atom is -0.478 e. The van der Waals surface area contributed by atoms with Crippen molar-refractivity contribution in [2.45, 2.75) is 6.43 Å². The molecule has 0 spiro atoms. The van der Waals surface area contributed by atoms with E-state index >= 15 is 0 Å². The van der Waals surface area contributed by atoms with Crippen LogP contribution < -0.4 is 0 Å². The Kier molecular flexibility index (Phi) is 3.10. The number of carboxylic acids is 1. The number of hydrogen-bond donors (Lipinski definition) is 1. The molecule has 1 aromatic rings. The number of aromatic carboxylic acids is 1.